The number of rotatable bonds is 4. The maximum atomic E-state index is 10.4. The van der Waals surface area contributed by atoms with Gasteiger partial charge in [-0.25, -0.2) is 4.98 Å². The fraction of sp³-hybridized carbons (Fsp3) is 0.417. The molecule has 0 spiro atoms. The molecule has 6 nitrogen and oxygen atoms in total. The number of phenols is 1. The van der Waals surface area contributed by atoms with Gasteiger partial charge >= 0.3 is 0 Å². The van der Waals surface area contributed by atoms with Crippen LogP contribution in [-0.2, 0) is 4.74 Å². The van der Waals surface area contributed by atoms with Crippen molar-refractivity contribution < 1.29 is 24.1 Å². The fourth-order valence-electron chi connectivity index (χ4n) is 2.49. The summed E-state index contributed by atoms with van der Waals surface area (Å²) in [5.41, 5.74) is 1.36. The van der Waals surface area contributed by atoms with Gasteiger partial charge < -0.3 is 19.3 Å². The van der Waals surface area contributed by atoms with E-state index in [1.54, 1.807) is 25.4 Å². The van der Waals surface area contributed by atoms with E-state index < -0.39 is 0 Å². The molecule has 0 bridgehead atoms. The number of aldehydes is 1. The van der Waals surface area contributed by atoms with E-state index in [2.05, 4.69) is 24.2 Å². The average Bonchev–Trinajstić information content (AvgIpc) is 3.38. The minimum atomic E-state index is -0.0562. The van der Waals surface area contributed by atoms with Gasteiger partial charge in [0.05, 0.1) is 26.4 Å². The first kappa shape index (κ1) is 29.3. The molecule has 1 saturated heterocycles. The number of hydrogen-bond acceptors (Lipinski definition) is 6. The molecule has 168 valence electrons. The smallest absolute Gasteiger partial charge is 0.216 e. The molecule has 1 aromatic carbocycles. The number of pyridine rings is 1. The summed E-state index contributed by atoms with van der Waals surface area (Å²) in [4.78, 5) is 14.5. The minimum absolute atomic E-state index is 0.0562. The molecule has 1 unspecified atom stereocenters. The topological polar surface area (TPSA) is 77.9 Å². The van der Waals surface area contributed by atoms with Crippen LogP contribution in [0.15, 0.2) is 49.7 Å². The number of hydrogen-bond donors (Lipinski definition) is 1. The van der Waals surface area contributed by atoms with Crippen molar-refractivity contribution in [2.75, 3.05) is 27.4 Å². The number of carbonyl (C=O) groups is 1. The Morgan fingerprint density at radius 2 is 1.77 bits per heavy atom. The first-order valence-electron chi connectivity index (χ1n) is 10.1. The number of aromatic hydroxyl groups is 1. The van der Waals surface area contributed by atoms with Gasteiger partial charge in [-0.05, 0) is 24.6 Å². The van der Waals surface area contributed by atoms with Crippen molar-refractivity contribution in [3.05, 3.63) is 60.8 Å². The van der Waals surface area contributed by atoms with Crippen LogP contribution in [0.2, 0.25) is 0 Å². The number of ether oxygens (including phenoxy) is 3. The highest BCUT2D eigenvalue weighted by Gasteiger charge is 2.21. The molecule has 6 heteroatoms. The second kappa shape index (κ2) is 19.5. The Labute approximate surface area is 181 Å². The molecule has 2 heterocycles. The zero-order chi connectivity index (χ0) is 23.4. The Bertz CT molecular complexity index is 685. The van der Waals surface area contributed by atoms with E-state index in [0.717, 1.165) is 25.5 Å². The van der Waals surface area contributed by atoms with E-state index in [9.17, 15) is 4.79 Å². The molecule has 1 aliphatic heterocycles. The molecule has 0 aliphatic carbocycles. The SMILES string of the molecule is C=C.CC.CC.COc1cccc(O)c1C=O.COc1ncccc1C1CCOC1. The maximum absolute atomic E-state index is 10.4. The molecule has 30 heavy (non-hydrogen) atoms. The van der Waals surface area contributed by atoms with Gasteiger partial charge in [0.15, 0.2) is 6.29 Å². The van der Waals surface area contributed by atoms with Crippen LogP contribution < -0.4 is 9.47 Å². The summed E-state index contributed by atoms with van der Waals surface area (Å²) in [6.07, 6.45) is 3.38. The van der Waals surface area contributed by atoms with E-state index in [4.69, 9.17) is 19.3 Å². The molecule has 0 saturated carbocycles. The summed E-state index contributed by atoms with van der Waals surface area (Å²) in [6.45, 7) is 15.6. The molecular formula is C24H37NO5. The molecule has 1 atom stereocenters. The van der Waals surface area contributed by atoms with Crippen LogP contribution in [0, 0.1) is 0 Å². The van der Waals surface area contributed by atoms with Crippen molar-refractivity contribution in [3.8, 4) is 17.4 Å². The van der Waals surface area contributed by atoms with Crippen molar-refractivity contribution in [2.45, 2.75) is 40.0 Å². The van der Waals surface area contributed by atoms with Crippen LogP contribution in [0.3, 0.4) is 0 Å². The summed E-state index contributed by atoms with van der Waals surface area (Å²) in [6, 6.07) is 8.66. The lowest BCUT2D eigenvalue weighted by Crippen LogP contribution is -2.01. The lowest BCUT2D eigenvalue weighted by atomic mass is 10.00. The third-order valence-corrected chi connectivity index (χ3v) is 3.74. The highest BCUT2D eigenvalue weighted by atomic mass is 16.5. The summed E-state index contributed by atoms with van der Waals surface area (Å²) in [5, 5.41) is 9.11. The zero-order valence-corrected chi connectivity index (χ0v) is 19.2. The third-order valence-electron chi connectivity index (χ3n) is 3.74. The lowest BCUT2D eigenvalue weighted by Gasteiger charge is -2.10. The standard InChI is InChI=1S/C10H13NO2.C8H8O3.2C2H6.C2H4/c1-12-10-9(3-2-5-11-10)8-4-6-13-7-8;1-11-8-4-2-3-7(10)6(8)5-9;3*1-2/h2-3,5,8H,4,6-7H2,1H3;2-5,10H,1H3;2*1-2H3;1-2H2. The van der Waals surface area contributed by atoms with Crippen LogP contribution in [0.4, 0.5) is 0 Å². The van der Waals surface area contributed by atoms with Gasteiger partial charge in [-0.3, -0.25) is 4.79 Å². The number of benzene rings is 1. The molecule has 1 N–H and O–H groups in total. The van der Waals surface area contributed by atoms with E-state index in [1.165, 1.54) is 18.7 Å². The molecular weight excluding hydrogens is 382 g/mol. The molecule has 1 aromatic heterocycles. The van der Waals surface area contributed by atoms with Crippen LogP contribution in [0.5, 0.6) is 17.4 Å². The van der Waals surface area contributed by atoms with Crippen LogP contribution in [0.25, 0.3) is 0 Å². The first-order valence-corrected chi connectivity index (χ1v) is 10.1. The van der Waals surface area contributed by atoms with Gasteiger partial charge in [0, 0.05) is 24.3 Å². The molecule has 3 rings (SSSR count). The van der Waals surface area contributed by atoms with E-state index >= 15 is 0 Å². The number of phenolic OH excluding ortho intramolecular Hbond substituents is 1. The molecule has 1 aliphatic rings. The summed E-state index contributed by atoms with van der Waals surface area (Å²) in [7, 11) is 3.10. The molecule has 0 amide bonds. The fourth-order valence-corrected chi connectivity index (χ4v) is 2.49. The van der Waals surface area contributed by atoms with Crippen molar-refractivity contribution in [1.82, 2.24) is 4.98 Å². The van der Waals surface area contributed by atoms with Crippen LogP contribution in [-0.4, -0.2) is 43.8 Å². The minimum Gasteiger partial charge on any atom is -0.507 e. The summed E-state index contributed by atoms with van der Waals surface area (Å²) < 4.78 is 15.3. The highest BCUT2D eigenvalue weighted by Crippen LogP contribution is 2.30. The Hall–Kier alpha value is -2.86. The second-order valence-electron chi connectivity index (χ2n) is 5.17. The number of carbonyl (C=O) groups excluding carboxylic acids is 1. The van der Waals surface area contributed by atoms with Crippen molar-refractivity contribution in [3.63, 3.8) is 0 Å². The van der Waals surface area contributed by atoms with Gasteiger partial charge in [0.2, 0.25) is 5.88 Å². The van der Waals surface area contributed by atoms with E-state index in [1.807, 2.05) is 33.8 Å². The van der Waals surface area contributed by atoms with Gasteiger partial charge in [-0.2, -0.15) is 0 Å². The Morgan fingerprint density at radius 1 is 1.10 bits per heavy atom. The Balaban J connectivity index is 0. The lowest BCUT2D eigenvalue weighted by molar-refractivity contribution is 0.111. The Kier molecular flexibility index (Phi) is 19.0. The zero-order valence-electron chi connectivity index (χ0n) is 19.2. The quantitative estimate of drug-likeness (QED) is 0.509. The number of nitrogens with zero attached hydrogens (tertiary/aromatic N) is 1. The van der Waals surface area contributed by atoms with E-state index in [0.29, 0.717) is 18.0 Å². The molecule has 0 radical (unpaired) electrons. The third kappa shape index (κ3) is 9.56. The summed E-state index contributed by atoms with van der Waals surface area (Å²) in [5.74, 6) is 1.53. The van der Waals surface area contributed by atoms with Crippen molar-refractivity contribution >= 4 is 6.29 Å². The Morgan fingerprint density at radius 3 is 2.23 bits per heavy atom. The van der Waals surface area contributed by atoms with Gasteiger partial charge in [-0.15, -0.1) is 13.2 Å². The number of aromatic nitrogens is 1. The molecule has 2 aromatic rings. The monoisotopic (exact) mass is 419 g/mol. The van der Waals surface area contributed by atoms with Crippen LogP contribution in [0.1, 0.15) is 56.0 Å². The summed E-state index contributed by atoms with van der Waals surface area (Å²) >= 11 is 0. The second-order valence-corrected chi connectivity index (χ2v) is 5.17. The van der Waals surface area contributed by atoms with Crippen molar-refractivity contribution in [1.29, 1.82) is 0 Å². The normalized spacial score (nSPS) is 13.3. The maximum Gasteiger partial charge on any atom is 0.216 e. The molecule has 1 fully saturated rings. The van der Waals surface area contributed by atoms with E-state index in [-0.39, 0.29) is 11.3 Å². The van der Waals surface area contributed by atoms with Gasteiger partial charge in [-0.1, -0.05) is 39.8 Å². The van der Waals surface area contributed by atoms with Gasteiger partial charge in [0.25, 0.3) is 0 Å². The predicted octanol–water partition coefficient (Wildman–Crippen LogP) is 5.66. The predicted molar refractivity (Wildman–Crippen MR) is 123 cm³/mol. The number of methoxy groups -OCH3 is 2. The van der Waals surface area contributed by atoms with Crippen molar-refractivity contribution in [2.24, 2.45) is 0 Å². The van der Waals surface area contributed by atoms with Gasteiger partial charge in [0.1, 0.15) is 11.5 Å². The largest absolute Gasteiger partial charge is 0.507 e. The average molecular weight is 420 g/mol. The highest BCUT2D eigenvalue weighted by molar-refractivity contribution is 5.83. The van der Waals surface area contributed by atoms with Crippen LogP contribution >= 0.6 is 0 Å². The first-order chi connectivity index (χ1) is 14.7.